The summed E-state index contributed by atoms with van der Waals surface area (Å²) in [5.41, 5.74) is 2.56. The largest absolute Gasteiger partial charge is 0.497 e. The van der Waals surface area contributed by atoms with Crippen molar-refractivity contribution in [3.05, 3.63) is 59.7 Å². The van der Waals surface area contributed by atoms with Crippen LogP contribution in [-0.2, 0) is 11.2 Å². The predicted octanol–water partition coefficient (Wildman–Crippen LogP) is 3.13. The van der Waals surface area contributed by atoms with Crippen LogP contribution < -0.4 is 14.8 Å². The quantitative estimate of drug-likeness (QED) is 0.762. The van der Waals surface area contributed by atoms with Crippen LogP contribution in [-0.4, -0.2) is 26.2 Å². The maximum atomic E-state index is 11.7. The zero-order valence-corrected chi connectivity index (χ0v) is 13.7. The van der Waals surface area contributed by atoms with E-state index in [2.05, 4.69) is 36.5 Å². The Kier molecular flexibility index (Phi) is 6.48. The molecule has 2 aromatic carbocycles. The van der Waals surface area contributed by atoms with E-state index in [9.17, 15) is 4.79 Å². The van der Waals surface area contributed by atoms with E-state index < -0.39 is 0 Å². The summed E-state index contributed by atoms with van der Waals surface area (Å²) >= 11 is 0. The number of carbonyl (C=O) groups is 1. The minimum atomic E-state index is -0.106. The van der Waals surface area contributed by atoms with Gasteiger partial charge in [0.05, 0.1) is 7.11 Å². The number of rotatable bonds is 8. The molecule has 4 heteroatoms. The molecule has 0 atom stereocenters. The Labute approximate surface area is 137 Å². The molecule has 0 aliphatic rings. The fourth-order valence-electron chi connectivity index (χ4n) is 2.26. The van der Waals surface area contributed by atoms with E-state index in [1.54, 1.807) is 31.4 Å². The van der Waals surface area contributed by atoms with Gasteiger partial charge in [0.15, 0.2) is 6.61 Å². The van der Waals surface area contributed by atoms with Crippen LogP contribution in [0.5, 0.6) is 11.5 Å². The second-order valence-corrected chi connectivity index (χ2v) is 5.41. The molecule has 0 aliphatic heterocycles. The number of amides is 1. The molecule has 0 unspecified atom stereocenters. The number of hydrogen-bond acceptors (Lipinski definition) is 3. The molecule has 0 spiro atoms. The van der Waals surface area contributed by atoms with E-state index in [1.807, 2.05) is 0 Å². The van der Waals surface area contributed by atoms with Gasteiger partial charge in [-0.3, -0.25) is 4.79 Å². The first kappa shape index (κ1) is 16.9. The first-order chi connectivity index (χ1) is 11.2. The van der Waals surface area contributed by atoms with Crippen molar-refractivity contribution in [2.75, 3.05) is 20.3 Å². The van der Waals surface area contributed by atoms with Gasteiger partial charge in [0, 0.05) is 6.54 Å². The molecule has 122 valence electrons. The highest BCUT2D eigenvalue weighted by atomic mass is 16.5. The predicted molar refractivity (Wildman–Crippen MR) is 91.0 cm³/mol. The van der Waals surface area contributed by atoms with Crippen molar-refractivity contribution in [2.45, 2.75) is 19.8 Å². The molecule has 0 aliphatic carbocycles. The molecule has 2 rings (SSSR count). The molecule has 2 aromatic rings. The van der Waals surface area contributed by atoms with Crippen molar-refractivity contribution < 1.29 is 14.3 Å². The Morgan fingerprint density at radius 3 is 2.52 bits per heavy atom. The van der Waals surface area contributed by atoms with E-state index in [0.29, 0.717) is 12.3 Å². The minimum Gasteiger partial charge on any atom is -0.497 e. The number of hydrogen-bond donors (Lipinski definition) is 1. The van der Waals surface area contributed by atoms with Gasteiger partial charge >= 0.3 is 0 Å². The van der Waals surface area contributed by atoms with Gasteiger partial charge in [-0.25, -0.2) is 0 Å². The van der Waals surface area contributed by atoms with E-state index in [1.165, 1.54) is 11.1 Å². The molecule has 23 heavy (non-hydrogen) atoms. The third-order valence-corrected chi connectivity index (χ3v) is 3.48. The van der Waals surface area contributed by atoms with Crippen LogP contribution in [0.1, 0.15) is 17.5 Å². The molecule has 4 nitrogen and oxygen atoms in total. The number of aryl methyl sites for hydroxylation is 2. The van der Waals surface area contributed by atoms with Crippen molar-refractivity contribution >= 4 is 5.91 Å². The molecular formula is C19H23NO3. The SMILES string of the molecule is COc1ccc(OCC(=O)NCCCc2cccc(C)c2)cc1. The normalized spacial score (nSPS) is 10.2. The van der Waals surface area contributed by atoms with Crippen molar-refractivity contribution in [3.63, 3.8) is 0 Å². The Hall–Kier alpha value is -2.49. The van der Waals surface area contributed by atoms with Crippen LogP contribution >= 0.6 is 0 Å². The molecule has 0 fully saturated rings. The third kappa shape index (κ3) is 6.02. The lowest BCUT2D eigenvalue weighted by Gasteiger charge is -2.08. The van der Waals surface area contributed by atoms with Crippen LogP contribution in [0.4, 0.5) is 0 Å². The highest BCUT2D eigenvalue weighted by Crippen LogP contribution is 2.16. The lowest BCUT2D eigenvalue weighted by atomic mass is 10.1. The Bertz CT molecular complexity index is 623. The Morgan fingerprint density at radius 1 is 1.09 bits per heavy atom. The number of nitrogens with one attached hydrogen (secondary N) is 1. The van der Waals surface area contributed by atoms with Gasteiger partial charge in [-0.1, -0.05) is 29.8 Å². The summed E-state index contributed by atoms with van der Waals surface area (Å²) in [4.78, 5) is 11.7. The van der Waals surface area contributed by atoms with E-state index in [-0.39, 0.29) is 12.5 Å². The summed E-state index contributed by atoms with van der Waals surface area (Å²) in [6, 6.07) is 15.6. The lowest BCUT2D eigenvalue weighted by Crippen LogP contribution is -2.29. The summed E-state index contributed by atoms with van der Waals surface area (Å²) in [5, 5.41) is 2.87. The van der Waals surface area contributed by atoms with Gasteiger partial charge in [0.2, 0.25) is 0 Å². The summed E-state index contributed by atoms with van der Waals surface area (Å²) in [6.45, 7) is 2.76. The minimum absolute atomic E-state index is 0.0246. The lowest BCUT2D eigenvalue weighted by molar-refractivity contribution is -0.123. The average Bonchev–Trinajstić information content (AvgIpc) is 2.57. The Balaban J connectivity index is 1.63. The second kappa shape index (κ2) is 8.83. The van der Waals surface area contributed by atoms with Crippen LogP contribution in [0, 0.1) is 6.92 Å². The Morgan fingerprint density at radius 2 is 1.83 bits per heavy atom. The summed E-state index contributed by atoms with van der Waals surface area (Å²) in [6.07, 6.45) is 1.87. The summed E-state index contributed by atoms with van der Waals surface area (Å²) in [5.74, 6) is 1.31. The van der Waals surface area contributed by atoms with Gasteiger partial charge in [-0.2, -0.15) is 0 Å². The van der Waals surface area contributed by atoms with Gasteiger partial charge in [0.1, 0.15) is 11.5 Å². The smallest absolute Gasteiger partial charge is 0.257 e. The molecular weight excluding hydrogens is 290 g/mol. The van der Waals surface area contributed by atoms with Crippen LogP contribution in [0.3, 0.4) is 0 Å². The topological polar surface area (TPSA) is 47.6 Å². The maximum absolute atomic E-state index is 11.7. The van der Waals surface area contributed by atoms with Gasteiger partial charge in [0.25, 0.3) is 5.91 Å². The standard InChI is InChI=1S/C19H23NO3/c1-15-5-3-6-16(13-15)7-4-12-20-19(21)14-23-18-10-8-17(22-2)9-11-18/h3,5-6,8-11,13H,4,7,12,14H2,1-2H3,(H,20,21). The fraction of sp³-hybridized carbons (Fsp3) is 0.316. The number of benzene rings is 2. The molecule has 1 N–H and O–H groups in total. The molecule has 0 bridgehead atoms. The van der Waals surface area contributed by atoms with Crippen molar-refractivity contribution in [1.29, 1.82) is 0 Å². The van der Waals surface area contributed by atoms with Crippen molar-refractivity contribution in [3.8, 4) is 11.5 Å². The van der Waals surface area contributed by atoms with E-state index in [0.717, 1.165) is 18.6 Å². The first-order valence-corrected chi connectivity index (χ1v) is 7.76. The summed E-state index contributed by atoms with van der Waals surface area (Å²) in [7, 11) is 1.61. The number of carbonyl (C=O) groups excluding carboxylic acids is 1. The van der Waals surface area contributed by atoms with Crippen LogP contribution in [0.2, 0.25) is 0 Å². The molecule has 1 amide bonds. The number of methoxy groups -OCH3 is 1. The highest BCUT2D eigenvalue weighted by molar-refractivity contribution is 5.77. The molecule has 0 radical (unpaired) electrons. The van der Waals surface area contributed by atoms with Crippen LogP contribution in [0.15, 0.2) is 48.5 Å². The van der Waals surface area contributed by atoms with Gasteiger partial charge in [-0.05, 0) is 49.6 Å². The van der Waals surface area contributed by atoms with E-state index in [4.69, 9.17) is 9.47 Å². The van der Waals surface area contributed by atoms with Gasteiger partial charge in [-0.15, -0.1) is 0 Å². The fourth-order valence-corrected chi connectivity index (χ4v) is 2.26. The average molecular weight is 313 g/mol. The number of ether oxygens (including phenoxy) is 2. The van der Waals surface area contributed by atoms with Crippen LogP contribution in [0.25, 0.3) is 0 Å². The molecule has 0 heterocycles. The maximum Gasteiger partial charge on any atom is 0.257 e. The van der Waals surface area contributed by atoms with Crippen molar-refractivity contribution in [1.82, 2.24) is 5.32 Å². The highest BCUT2D eigenvalue weighted by Gasteiger charge is 2.03. The molecule has 0 saturated carbocycles. The van der Waals surface area contributed by atoms with E-state index >= 15 is 0 Å². The molecule has 0 saturated heterocycles. The first-order valence-electron chi connectivity index (χ1n) is 7.76. The zero-order valence-electron chi connectivity index (χ0n) is 13.7. The third-order valence-electron chi connectivity index (χ3n) is 3.48. The second-order valence-electron chi connectivity index (χ2n) is 5.41. The van der Waals surface area contributed by atoms with Gasteiger partial charge < -0.3 is 14.8 Å². The zero-order chi connectivity index (χ0) is 16.5. The molecule has 0 aromatic heterocycles. The summed E-state index contributed by atoms with van der Waals surface area (Å²) < 4.78 is 10.5. The monoisotopic (exact) mass is 313 g/mol. The van der Waals surface area contributed by atoms with Crippen molar-refractivity contribution in [2.24, 2.45) is 0 Å².